The summed E-state index contributed by atoms with van der Waals surface area (Å²) >= 11 is 0. The van der Waals surface area contributed by atoms with Gasteiger partial charge in [0.25, 0.3) is 10.0 Å². The molecule has 0 amide bonds. The van der Waals surface area contributed by atoms with Gasteiger partial charge in [0.2, 0.25) is 0 Å². The van der Waals surface area contributed by atoms with E-state index in [4.69, 9.17) is 0 Å². The summed E-state index contributed by atoms with van der Waals surface area (Å²) in [5, 5.41) is 6.67. The van der Waals surface area contributed by atoms with Crippen molar-refractivity contribution in [2.45, 2.75) is 45.4 Å². The van der Waals surface area contributed by atoms with Crippen molar-refractivity contribution in [2.75, 3.05) is 4.72 Å². The summed E-state index contributed by atoms with van der Waals surface area (Å²) in [5.74, 6) is 0.231. The fourth-order valence-corrected chi connectivity index (χ4v) is 3.97. The number of nitrogens with zero attached hydrogens (tertiary/aromatic N) is 1. The molecule has 0 atom stereocenters. The van der Waals surface area contributed by atoms with Crippen LogP contribution in [0.15, 0.2) is 23.1 Å². The normalized spacial score (nSPS) is 11.9. The smallest absolute Gasteiger partial charge is 0.265 e. The Morgan fingerprint density at radius 3 is 2.38 bits per heavy atom. The second kappa shape index (κ2) is 5.52. The first-order valence-corrected chi connectivity index (χ1v) is 8.36. The third-order valence-electron chi connectivity index (χ3n) is 3.49. The molecule has 1 heterocycles. The third-order valence-corrected chi connectivity index (χ3v) is 5.10. The predicted molar refractivity (Wildman–Crippen MR) is 84.1 cm³/mol. The van der Waals surface area contributed by atoms with Gasteiger partial charge >= 0.3 is 0 Å². The van der Waals surface area contributed by atoms with E-state index in [1.54, 1.807) is 13.8 Å². The minimum atomic E-state index is -3.65. The van der Waals surface area contributed by atoms with Crippen molar-refractivity contribution >= 4 is 15.7 Å². The second-order valence-electron chi connectivity index (χ2n) is 5.56. The van der Waals surface area contributed by atoms with Crippen molar-refractivity contribution in [3.05, 3.63) is 40.7 Å². The zero-order chi connectivity index (χ0) is 15.8. The molecule has 5 nitrogen and oxygen atoms in total. The van der Waals surface area contributed by atoms with Crippen molar-refractivity contribution in [1.29, 1.82) is 0 Å². The lowest BCUT2D eigenvalue weighted by molar-refractivity contribution is 0.600. The van der Waals surface area contributed by atoms with E-state index in [2.05, 4.69) is 14.9 Å². The van der Waals surface area contributed by atoms with Crippen molar-refractivity contribution in [2.24, 2.45) is 0 Å². The molecule has 0 fully saturated rings. The molecule has 2 N–H and O–H groups in total. The Kier molecular flexibility index (Phi) is 4.09. The van der Waals surface area contributed by atoms with Gasteiger partial charge in [-0.25, -0.2) is 8.42 Å². The Balaban J connectivity index is 2.52. The molecule has 0 saturated heterocycles. The van der Waals surface area contributed by atoms with Crippen LogP contribution in [0, 0.1) is 20.8 Å². The van der Waals surface area contributed by atoms with Gasteiger partial charge in [0.1, 0.15) is 4.90 Å². The predicted octanol–water partition coefficient (Wildman–Crippen LogP) is 3.26. The first-order chi connectivity index (χ1) is 9.74. The molecule has 0 bridgehead atoms. The quantitative estimate of drug-likeness (QED) is 0.910. The van der Waals surface area contributed by atoms with Crippen LogP contribution < -0.4 is 4.72 Å². The monoisotopic (exact) mass is 307 g/mol. The lowest BCUT2D eigenvalue weighted by Crippen LogP contribution is -2.17. The van der Waals surface area contributed by atoms with Gasteiger partial charge < -0.3 is 0 Å². The number of H-pyrrole nitrogens is 1. The third kappa shape index (κ3) is 2.95. The van der Waals surface area contributed by atoms with Crippen LogP contribution in [0.2, 0.25) is 0 Å². The topological polar surface area (TPSA) is 74.8 Å². The highest BCUT2D eigenvalue weighted by Crippen LogP contribution is 2.30. The van der Waals surface area contributed by atoms with Gasteiger partial charge in [-0.1, -0.05) is 32.0 Å². The van der Waals surface area contributed by atoms with Crippen LogP contribution in [-0.4, -0.2) is 18.6 Å². The maximum atomic E-state index is 12.7. The number of sulfonamides is 1. The van der Waals surface area contributed by atoms with Gasteiger partial charge in [0, 0.05) is 0 Å². The molecule has 0 aliphatic carbocycles. The van der Waals surface area contributed by atoms with Crippen LogP contribution in [0.25, 0.3) is 0 Å². The van der Waals surface area contributed by atoms with Crippen molar-refractivity contribution in [3.63, 3.8) is 0 Å². The zero-order valence-corrected chi connectivity index (χ0v) is 13.8. The summed E-state index contributed by atoms with van der Waals surface area (Å²) in [5.41, 5.74) is 3.56. The average Bonchev–Trinajstić information content (AvgIpc) is 2.71. The fourth-order valence-electron chi connectivity index (χ4n) is 2.43. The maximum absolute atomic E-state index is 12.7. The molecule has 2 rings (SSSR count). The highest BCUT2D eigenvalue weighted by atomic mass is 32.2. The SMILES string of the molecule is Cc1cccc(C(C)C)c1NS(=O)(=O)c1c(C)n[nH]c1C. The lowest BCUT2D eigenvalue weighted by atomic mass is 9.99. The number of para-hydroxylation sites is 1. The molecule has 1 aromatic heterocycles. The molecule has 0 spiro atoms. The Bertz CT molecular complexity index is 742. The van der Waals surface area contributed by atoms with Gasteiger partial charge in [-0.05, 0) is 37.8 Å². The summed E-state index contributed by atoms with van der Waals surface area (Å²) < 4.78 is 28.1. The largest absolute Gasteiger partial charge is 0.281 e. The van der Waals surface area contributed by atoms with Gasteiger partial charge in [-0.3, -0.25) is 9.82 Å². The highest BCUT2D eigenvalue weighted by molar-refractivity contribution is 7.92. The number of hydrogen-bond donors (Lipinski definition) is 2. The Morgan fingerprint density at radius 1 is 1.19 bits per heavy atom. The summed E-state index contributed by atoms with van der Waals surface area (Å²) in [4.78, 5) is 0.223. The van der Waals surface area contributed by atoms with E-state index in [-0.39, 0.29) is 10.8 Å². The van der Waals surface area contributed by atoms with Gasteiger partial charge in [-0.2, -0.15) is 5.10 Å². The van der Waals surface area contributed by atoms with Crippen LogP contribution in [0.4, 0.5) is 5.69 Å². The maximum Gasteiger partial charge on any atom is 0.265 e. The zero-order valence-electron chi connectivity index (χ0n) is 13.0. The molecule has 0 unspecified atom stereocenters. The molecule has 0 aliphatic heterocycles. The van der Waals surface area contributed by atoms with Crippen LogP contribution in [0.1, 0.15) is 42.3 Å². The van der Waals surface area contributed by atoms with Crippen molar-refractivity contribution in [1.82, 2.24) is 10.2 Å². The summed E-state index contributed by atoms with van der Waals surface area (Å²) in [6.45, 7) is 9.37. The molecule has 6 heteroatoms. The van der Waals surface area contributed by atoms with Gasteiger partial charge in [0.05, 0.1) is 17.1 Å². The van der Waals surface area contributed by atoms with E-state index < -0.39 is 10.0 Å². The van der Waals surface area contributed by atoms with Crippen LogP contribution >= 0.6 is 0 Å². The van der Waals surface area contributed by atoms with Gasteiger partial charge in [-0.15, -0.1) is 0 Å². The summed E-state index contributed by atoms with van der Waals surface area (Å²) in [6, 6.07) is 5.79. The Labute approximate surface area is 125 Å². The highest BCUT2D eigenvalue weighted by Gasteiger charge is 2.24. The van der Waals surface area contributed by atoms with E-state index in [0.29, 0.717) is 17.1 Å². The van der Waals surface area contributed by atoms with E-state index in [1.807, 2.05) is 39.0 Å². The average molecular weight is 307 g/mol. The number of nitrogens with one attached hydrogen (secondary N) is 2. The minimum absolute atomic E-state index is 0.223. The molecule has 0 aliphatic rings. The van der Waals surface area contributed by atoms with Crippen molar-refractivity contribution < 1.29 is 8.42 Å². The number of benzene rings is 1. The molecule has 0 saturated carbocycles. The van der Waals surface area contributed by atoms with E-state index in [1.165, 1.54) is 0 Å². The Hall–Kier alpha value is -1.82. The van der Waals surface area contributed by atoms with Crippen LogP contribution in [0.3, 0.4) is 0 Å². The summed E-state index contributed by atoms with van der Waals surface area (Å²) in [6.07, 6.45) is 0. The van der Waals surface area contributed by atoms with E-state index in [9.17, 15) is 8.42 Å². The molecule has 21 heavy (non-hydrogen) atoms. The lowest BCUT2D eigenvalue weighted by Gasteiger charge is -2.17. The molecule has 1 aromatic carbocycles. The number of aromatic amines is 1. The molecular formula is C15H21N3O2S. The van der Waals surface area contributed by atoms with Crippen molar-refractivity contribution in [3.8, 4) is 0 Å². The number of rotatable bonds is 4. The number of aromatic nitrogens is 2. The summed E-state index contributed by atoms with van der Waals surface area (Å²) in [7, 11) is -3.65. The van der Waals surface area contributed by atoms with E-state index in [0.717, 1.165) is 11.1 Å². The molecular weight excluding hydrogens is 286 g/mol. The first kappa shape index (κ1) is 15.6. The Morgan fingerprint density at radius 2 is 1.86 bits per heavy atom. The van der Waals surface area contributed by atoms with Crippen LogP contribution in [0.5, 0.6) is 0 Å². The number of anilines is 1. The molecule has 0 radical (unpaired) electrons. The standard InChI is InChI=1S/C15H21N3O2S/c1-9(2)13-8-6-7-10(3)14(13)18-21(19,20)15-11(4)16-17-12(15)5/h6-9,18H,1-5H3,(H,16,17). The second-order valence-corrected chi connectivity index (χ2v) is 7.18. The molecule has 2 aromatic rings. The van der Waals surface area contributed by atoms with Gasteiger partial charge in [0.15, 0.2) is 0 Å². The fraction of sp³-hybridized carbons (Fsp3) is 0.400. The molecule has 114 valence electrons. The minimum Gasteiger partial charge on any atom is -0.281 e. The van der Waals surface area contributed by atoms with E-state index >= 15 is 0 Å². The van der Waals surface area contributed by atoms with Crippen LogP contribution in [-0.2, 0) is 10.0 Å². The number of hydrogen-bond acceptors (Lipinski definition) is 3. The number of aryl methyl sites for hydroxylation is 3. The first-order valence-electron chi connectivity index (χ1n) is 6.88.